The molecule has 0 radical (unpaired) electrons. The summed E-state index contributed by atoms with van der Waals surface area (Å²) in [6.07, 6.45) is -1.96. The Bertz CT molecular complexity index is 270. The second kappa shape index (κ2) is 3.99. The molecule has 0 aromatic carbocycles. The van der Waals surface area contributed by atoms with Gasteiger partial charge in [-0.15, -0.1) is 0 Å². The van der Waals surface area contributed by atoms with Crippen molar-refractivity contribution in [2.75, 3.05) is 11.5 Å². The summed E-state index contributed by atoms with van der Waals surface area (Å²) in [5.74, 6) is 0.386. The maximum atomic E-state index is 9.60. The Morgan fingerprint density at radius 3 is 2.62 bits per heavy atom. The van der Waals surface area contributed by atoms with Gasteiger partial charge in [-0.25, -0.2) is 0 Å². The van der Waals surface area contributed by atoms with Gasteiger partial charge in [0.25, 0.3) is 0 Å². The zero-order valence-corrected chi connectivity index (χ0v) is 8.12. The molecule has 0 bridgehead atoms. The van der Waals surface area contributed by atoms with Gasteiger partial charge in [0.2, 0.25) is 0 Å². The van der Waals surface area contributed by atoms with E-state index in [-0.39, 0.29) is 11.6 Å². The van der Waals surface area contributed by atoms with E-state index in [1.165, 1.54) is 0 Å². The van der Waals surface area contributed by atoms with Crippen LogP contribution in [0.25, 0.3) is 0 Å². The van der Waals surface area contributed by atoms with Crippen LogP contribution in [-0.4, -0.2) is 32.3 Å². The maximum Gasteiger partial charge on any atom is 0.151 e. The average Bonchev–Trinajstić information content (AvgIpc) is 2.44. The quantitative estimate of drug-likeness (QED) is 0.433. The third kappa shape index (κ3) is 1.96. The lowest BCUT2D eigenvalue weighted by Gasteiger charge is -2.15. The fourth-order valence-corrected chi connectivity index (χ4v) is 1.32. The largest absolute Gasteiger partial charge is 0.389 e. The first-order valence-electron chi connectivity index (χ1n) is 3.85. The molecule has 0 aliphatic carbocycles. The highest BCUT2D eigenvalue weighted by Gasteiger charge is 2.23. The highest BCUT2D eigenvalue weighted by molar-refractivity contribution is 7.80. The first-order valence-corrected chi connectivity index (χ1v) is 4.48. The summed E-state index contributed by atoms with van der Waals surface area (Å²) >= 11 is 3.87. The number of H-pyrrole nitrogens is 1. The Kier molecular flexibility index (Phi) is 3.18. The summed E-state index contributed by atoms with van der Waals surface area (Å²) in [5, 5.41) is 25.3. The van der Waals surface area contributed by atoms with Gasteiger partial charge in [0.15, 0.2) is 5.82 Å². The fourth-order valence-electron chi connectivity index (χ4n) is 1.12. The van der Waals surface area contributed by atoms with Gasteiger partial charge in [-0.2, -0.15) is 17.7 Å². The number of aryl methyl sites for hydroxylation is 1. The second-order valence-corrected chi connectivity index (χ2v) is 3.21. The average molecular weight is 203 g/mol. The lowest BCUT2D eigenvalue weighted by atomic mass is 10.1. The summed E-state index contributed by atoms with van der Waals surface area (Å²) in [5.41, 5.74) is 6.60. The smallest absolute Gasteiger partial charge is 0.151 e. The van der Waals surface area contributed by atoms with Crippen molar-refractivity contribution in [2.45, 2.75) is 19.1 Å². The minimum absolute atomic E-state index is 0.172. The van der Waals surface area contributed by atoms with Crippen LogP contribution in [0, 0.1) is 6.92 Å². The number of nitrogens with two attached hydrogens (primary N) is 1. The van der Waals surface area contributed by atoms with Crippen LogP contribution in [0.4, 0.5) is 5.82 Å². The van der Waals surface area contributed by atoms with Gasteiger partial charge in [0, 0.05) is 17.0 Å². The molecule has 1 aromatic rings. The zero-order valence-electron chi connectivity index (χ0n) is 7.23. The lowest BCUT2D eigenvalue weighted by molar-refractivity contribution is 0.0338. The first kappa shape index (κ1) is 10.4. The molecule has 0 aliphatic heterocycles. The summed E-state index contributed by atoms with van der Waals surface area (Å²) in [6.45, 7) is 1.73. The standard InChI is InChI=1S/C7H13N3O2S/c1-3-5(7(8)10-9-3)6(12)4(11)2-13/h4,6,11-13H,2H2,1H3,(H3,8,9,10). The number of nitrogens with one attached hydrogen (secondary N) is 1. The van der Waals surface area contributed by atoms with Crippen LogP contribution in [0.3, 0.4) is 0 Å². The van der Waals surface area contributed by atoms with E-state index >= 15 is 0 Å². The van der Waals surface area contributed by atoms with E-state index in [0.717, 1.165) is 0 Å². The van der Waals surface area contributed by atoms with Crippen molar-refractivity contribution in [2.24, 2.45) is 0 Å². The van der Waals surface area contributed by atoms with Gasteiger partial charge in [-0.3, -0.25) is 5.10 Å². The number of nitrogen functional groups attached to an aromatic ring is 1. The molecular formula is C7H13N3O2S. The summed E-state index contributed by atoms with van der Waals surface area (Å²) in [7, 11) is 0. The minimum atomic E-state index is -1.03. The Hall–Kier alpha value is -0.720. The SMILES string of the molecule is Cc1[nH]nc(N)c1C(O)C(O)CS. The topological polar surface area (TPSA) is 95.2 Å². The number of thiol groups is 1. The summed E-state index contributed by atoms with van der Waals surface area (Å²) < 4.78 is 0. The predicted molar refractivity (Wildman–Crippen MR) is 52.6 cm³/mol. The number of hydrogen-bond acceptors (Lipinski definition) is 5. The molecule has 0 saturated heterocycles. The van der Waals surface area contributed by atoms with Crippen LogP contribution in [0.5, 0.6) is 0 Å². The van der Waals surface area contributed by atoms with Crippen LogP contribution in [-0.2, 0) is 0 Å². The van der Waals surface area contributed by atoms with Gasteiger partial charge in [0.1, 0.15) is 6.10 Å². The van der Waals surface area contributed by atoms with Crippen molar-refractivity contribution >= 4 is 18.4 Å². The Morgan fingerprint density at radius 2 is 2.23 bits per heavy atom. The Labute approximate surface area is 81.4 Å². The highest BCUT2D eigenvalue weighted by Crippen LogP contribution is 2.24. The van der Waals surface area contributed by atoms with E-state index in [0.29, 0.717) is 11.3 Å². The molecule has 1 rings (SSSR count). The second-order valence-electron chi connectivity index (χ2n) is 2.84. The van der Waals surface area contributed by atoms with Crippen LogP contribution in [0.15, 0.2) is 0 Å². The molecule has 5 N–H and O–H groups in total. The molecule has 13 heavy (non-hydrogen) atoms. The van der Waals surface area contributed by atoms with Crippen LogP contribution >= 0.6 is 12.6 Å². The molecule has 0 spiro atoms. The number of aliphatic hydroxyl groups is 2. The van der Waals surface area contributed by atoms with Crippen molar-refractivity contribution in [1.29, 1.82) is 0 Å². The van der Waals surface area contributed by atoms with E-state index < -0.39 is 12.2 Å². The third-order valence-electron chi connectivity index (χ3n) is 1.87. The maximum absolute atomic E-state index is 9.60. The van der Waals surface area contributed by atoms with Gasteiger partial charge in [-0.1, -0.05) is 0 Å². The number of anilines is 1. The molecule has 2 unspecified atom stereocenters. The number of nitrogens with zero attached hydrogens (tertiary/aromatic N) is 1. The van der Waals surface area contributed by atoms with Crippen molar-refractivity contribution in [3.05, 3.63) is 11.3 Å². The highest BCUT2D eigenvalue weighted by atomic mass is 32.1. The molecular weight excluding hydrogens is 190 g/mol. The van der Waals surface area contributed by atoms with Gasteiger partial charge in [-0.05, 0) is 6.92 Å². The predicted octanol–water partition coefficient (Wildman–Crippen LogP) is -0.376. The molecule has 1 aromatic heterocycles. The molecule has 0 aliphatic rings. The zero-order chi connectivity index (χ0) is 10.0. The normalized spacial score (nSPS) is 15.7. The van der Waals surface area contributed by atoms with E-state index in [1.807, 2.05) is 0 Å². The van der Waals surface area contributed by atoms with E-state index in [4.69, 9.17) is 5.73 Å². The molecule has 2 atom stereocenters. The number of aromatic amines is 1. The van der Waals surface area contributed by atoms with E-state index in [1.54, 1.807) is 6.92 Å². The number of rotatable bonds is 3. The molecule has 5 nitrogen and oxygen atoms in total. The van der Waals surface area contributed by atoms with E-state index in [9.17, 15) is 10.2 Å². The third-order valence-corrected chi connectivity index (χ3v) is 2.25. The molecule has 0 amide bonds. The molecule has 0 saturated carbocycles. The summed E-state index contributed by atoms with van der Waals surface area (Å²) in [6, 6.07) is 0. The Balaban J connectivity index is 2.93. The molecule has 1 heterocycles. The van der Waals surface area contributed by atoms with Gasteiger partial charge in [0.05, 0.1) is 6.10 Å². The number of hydrogen-bond donors (Lipinski definition) is 5. The number of aromatic nitrogens is 2. The Morgan fingerprint density at radius 1 is 1.62 bits per heavy atom. The number of aliphatic hydroxyl groups excluding tert-OH is 2. The molecule has 6 heteroatoms. The van der Waals surface area contributed by atoms with Crippen LogP contribution in [0.2, 0.25) is 0 Å². The monoisotopic (exact) mass is 203 g/mol. The van der Waals surface area contributed by atoms with Crippen LogP contribution < -0.4 is 5.73 Å². The van der Waals surface area contributed by atoms with Crippen molar-refractivity contribution in [1.82, 2.24) is 10.2 Å². The van der Waals surface area contributed by atoms with Gasteiger partial charge < -0.3 is 15.9 Å². The molecule has 0 fully saturated rings. The van der Waals surface area contributed by atoms with Crippen molar-refractivity contribution < 1.29 is 10.2 Å². The lowest BCUT2D eigenvalue weighted by Crippen LogP contribution is -2.20. The molecule has 74 valence electrons. The summed E-state index contributed by atoms with van der Waals surface area (Å²) in [4.78, 5) is 0. The van der Waals surface area contributed by atoms with Crippen molar-refractivity contribution in [3.63, 3.8) is 0 Å². The van der Waals surface area contributed by atoms with Crippen LogP contribution in [0.1, 0.15) is 17.4 Å². The fraction of sp³-hybridized carbons (Fsp3) is 0.571. The van der Waals surface area contributed by atoms with E-state index in [2.05, 4.69) is 22.8 Å². The minimum Gasteiger partial charge on any atom is -0.389 e. The van der Waals surface area contributed by atoms with Gasteiger partial charge >= 0.3 is 0 Å². The van der Waals surface area contributed by atoms with Crippen molar-refractivity contribution in [3.8, 4) is 0 Å². The first-order chi connectivity index (χ1) is 6.07.